The molecule has 0 aliphatic carbocycles. The van der Waals surface area contributed by atoms with Gasteiger partial charge in [-0.1, -0.05) is 24.3 Å². The van der Waals surface area contributed by atoms with E-state index >= 15 is 0 Å². The van der Waals surface area contributed by atoms with Gasteiger partial charge in [-0.3, -0.25) is 14.4 Å². The molecule has 1 fully saturated rings. The Bertz CT molecular complexity index is 894. The molecule has 3 amide bonds. The van der Waals surface area contributed by atoms with Crippen molar-refractivity contribution in [3.63, 3.8) is 0 Å². The Kier molecular flexibility index (Phi) is 6.09. The van der Waals surface area contributed by atoms with Crippen LogP contribution in [-0.4, -0.2) is 41.8 Å². The summed E-state index contributed by atoms with van der Waals surface area (Å²) in [6.07, 6.45) is 1.47. The van der Waals surface area contributed by atoms with Crippen LogP contribution in [0.5, 0.6) is 0 Å². The van der Waals surface area contributed by atoms with E-state index in [4.69, 9.17) is 0 Å². The van der Waals surface area contributed by atoms with Crippen LogP contribution in [0, 0.1) is 6.92 Å². The van der Waals surface area contributed by atoms with Gasteiger partial charge in [0.05, 0.1) is 0 Å². The topological polar surface area (TPSA) is 78.5 Å². The maximum Gasteiger partial charge on any atom is 0.255 e. The molecule has 6 heteroatoms. The van der Waals surface area contributed by atoms with E-state index in [9.17, 15) is 14.4 Å². The van der Waals surface area contributed by atoms with E-state index in [0.29, 0.717) is 36.3 Å². The molecule has 2 aromatic rings. The molecule has 1 heterocycles. The lowest BCUT2D eigenvalue weighted by Gasteiger charge is -2.24. The molecule has 1 aliphatic heterocycles. The van der Waals surface area contributed by atoms with E-state index in [2.05, 4.69) is 10.6 Å². The molecule has 3 rings (SSSR count). The SMILES string of the molecule is CCNC(=O)C1CCCN1C(=O)c1cccc(NC(=O)c2ccccc2C)c1. The summed E-state index contributed by atoms with van der Waals surface area (Å²) < 4.78 is 0. The number of likely N-dealkylation sites (N-methyl/N-ethyl adjacent to an activating group) is 1. The fraction of sp³-hybridized carbons (Fsp3) is 0.318. The van der Waals surface area contributed by atoms with E-state index in [1.165, 1.54) is 0 Å². The Balaban J connectivity index is 1.75. The third-order valence-electron chi connectivity index (χ3n) is 4.92. The second-order valence-corrected chi connectivity index (χ2v) is 6.90. The van der Waals surface area contributed by atoms with Gasteiger partial charge in [0, 0.05) is 29.9 Å². The second kappa shape index (κ2) is 8.69. The molecule has 6 nitrogen and oxygen atoms in total. The number of nitrogens with zero attached hydrogens (tertiary/aromatic N) is 1. The first-order valence-electron chi connectivity index (χ1n) is 9.57. The molecule has 0 bridgehead atoms. The fourth-order valence-corrected chi connectivity index (χ4v) is 3.50. The molecule has 0 aromatic heterocycles. The number of carbonyl (C=O) groups excluding carboxylic acids is 3. The molecule has 1 unspecified atom stereocenters. The summed E-state index contributed by atoms with van der Waals surface area (Å²) in [4.78, 5) is 39.3. The van der Waals surface area contributed by atoms with Crippen LogP contribution in [0.4, 0.5) is 5.69 Å². The number of aryl methyl sites for hydroxylation is 1. The molecular formula is C22H25N3O3. The largest absolute Gasteiger partial charge is 0.355 e. The monoisotopic (exact) mass is 379 g/mol. The first-order chi connectivity index (χ1) is 13.5. The Morgan fingerprint density at radius 1 is 1.11 bits per heavy atom. The van der Waals surface area contributed by atoms with Crippen LogP contribution >= 0.6 is 0 Å². The number of hydrogen-bond acceptors (Lipinski definition) is 3. The zero-order chi connectivity index (χ0) is 20.1. The standard InChI is InChI=1S/C22H25N3O3/c1-3-23-21(27)19-12-7-13-25(19)22(28)16-9-6-10-17(14-16)24-20(26)18-11-5-4-8-15(18)2/h4-6,8-11,14,19H,3,7,12-13H2,1-2H3,(H,23,27)(H,24,26). The number of hydrogen-bond donors (Lipinski definition) is 2. The van der Waals surface area contributed by atoms with Gasteiger partial charge in [0.25, 0.3) is 11.8 Å². The highest BCUT2D eigenvalue weighted by molar-refractivity contribution is 6.06. The highest BCUT2D eigenvalue weighted by Gasteiger charge is 2.34. The van der Waals surface area contributed by atoms with Gasteiger partial charge in [-0.15, -0.1) is 0 Å². The molecular weight excluding hydrogens is 354 g/mol. The Labute approximate surface area is 164 Å². The molecule has 0 radical (unpaired) electrons. The smallest absolute Gasteiger partial charge is 0.255 e. The highest BCUT2D eigenvalue weighted by Crippen LogP contribution is 2.22. The average Bonchev–Trinajstić information content (AvgIpc) is 3.18. The predicted molar refractivity (Wildman–Crippen MR) is 108 cm³/mol. The molecule has 1 aliphatic rings. The van der Waals surface area contributed by atoms with Crippen molar-refractivity contribution in [3.05, 3.63) is 65.2 Å². The second-order valence-electron chi connectivity index (χ2n) is 6.90. The summed E-state index contributed by atoms with van der Waals surface area (Å²) >= 11 is 0. The third kappa shape index (κ3) is 4.22. The van der Waals surface area contributed by atoms with Crippen LogP contribution in [-0.2, 0) is 4.79 Å². The summed E-state index contributed by atoms with van der Waals surface area (Å²) in [5.74, 6) is -0.526. The van der Waals surface area contributed by atoms with Gasteiger partial charge in [0.15, 0.2) is 0 Å². The van der Waals surface area contributed by atoms with Crippen molar-refractivity contribution in [3.8, 4) is 0 Å². The number of carbonyl (C=O) groups is 3. The van der Waals surface area contributed by atoms with E-state index in [-0.39, 0.29) is 17.7 Å². The van der Waals surface area contributed by atoms with E-state index in [0.717, 1.165) is 12.0 Å². The quantitative estimate of drug-likeness (QED) is 0.838. The van der Waals surface area contributed by atoms with E-state index in [1.807, 2.05) is 32.0 Å². The zero-order valence-electron chi connectivity index (χ0n) is 16.2. The van der Waals surface area contributed by atoms with Crippen LogP contribution in [0.25, 0.3) is 0 Å². The minimum absolute atomic E-state index is 0.114. The van der Waals surface area contributed by atoms with Crippen LogP contribution in [0.2, 0.25) is 0 Å². The number of anilines is 1. The Morgan fingerprint density at radius 3 is 2.64 bits per heavy atom. The molecule has 2 N–H and O–H groups in total. The third-order valence-corrected chi connectivity index (χ3v) is 4.92. The average molecular weight is 379 g/mol. The molecule has 1 saturated heterocycles. The summed E-state index contributed by atoms with van der Waals surface area (Å²) in [6, 6.07) is 13.8. The van der Waals surface area contributed by atoms with Gasteiger partial charge in [0.1, 0.15) is 6.04 Å². The molecule has 0 saturated carbocycles. The molecule has 2 aromatic carbocycles. The van der Waals surface area contributed by atoms with E-state index < -0.39 is 6.04 Å². The molecule has 28 heavy (non-hydrogen) atoms. The van der Waals surface area contributed by atoms with Crippen molar-refractivity contribution >= 4 is 23.4 Å². The van der Waals surface area contributed by atoms with Crippen molar-refractivity contribution < 1.29 is 14.4 Å². The van der Waals surface area contributed by atoms with Crippen LogP contribution < -0.4 is 10.6 Å². The lowest BCUT2D eigenvalue weighted by molar-refractivity contribution is -0.124. The maximum atomic E-state index is 13.0. The Morgan fingerprint density at radius 2 is 1.89 bits per heavy atom. The first kappa shape index (κ1) is 19.6. The van der Waals surface area contributed by atoms with Gasteiger partial charge in [0.2, 0.25) is 5.91 Å². The van der Waals surface area contributed by atoms with Gasteiger partial charge in [-0.25, -0.2) is 0 Å². The molecule has 0 spiro atoms. The molecule has 1 atom stereocenters. The van der Waals surface area contributed by atoms with Gasteiger partial charge < -0.3 is 15.5 Å². The number of rotatable bonds is 5. The highest BCUT2D eigenvalue weighted by atomic mass is 16.2. The Hall–Kier alpha value is -3.15. The van der Waals surface area contributed by atoms with Crippen molar-refractivity contribution in [2.45, 2.75) is 32.7 Å². The summed E-state index contributed by atoms with van der Waals surface area (Å²) in [5.41, 5.74) is 2.48. The minimum atomic E-state index is -0.433. The lowest BCUT2D eigenvalue weighted by atomic mass is 10.1. The molecule has 146 valence electrons. The number of amides is 3. The number of nitrogens with one attached hydrogen (secondary N) is 2. The van der Waals surface area contributed by atoms with Crippen molar-refractivity contribution in [1.29, 1.82) is 0 Å². The number of likely N-dealkylation sites (tertiary alicyclic amines) is 1. The van der Waals surface area contributed by atoms with Gasteiger partial charge in [-0.05, 0) is 56.5 Å². The maximum absolute atomic E-state index is 13.0. The summed E-state index contributed by atoms with van der Waals surface area (Å²) in [7, 11) is 0. The van der Waals surface area contributed by atoms with Crippen molar-refractivity contribution in [1.82, 2.24) is 10.2 Å². The van der Waals surface area contributed by atoms with Crippen molar-refractivity contribution in [2.75, 3.05) is 18.4 Å². The number of benzene rings is 2. The van der Waals surface area contributed by atoms with Gasteiger partial charge in [-0.2, -0.15) is 0 Å². The zero-order valence-corrected chi connectivity index (χ0v) is 16.2. The predicted octanol–water partition coefficient (Wildman–Crippen LogP) is 2.99. The van der Waals surface area contributed by atoms with Crippen LogP contribution in [0.15, 0.2) is 48.5 Å². The minimum Gasteiger partial charge on any atom is -0.355 e. The van der Waals surface area contributed by atoms with Crippen LogP contribution in [0.1, 0.15) is 46.0 Å². The summed E-state index contributed by atoms with van der Waals surface area (Å²) in [6.45, 7) is 4.83. The van der Waals surface area contributed by atoms with Gasteiger partial charge >= 0.3 is 0 Å². The first-order valence-corrected chi connectivity index (χ1v) is 9.57. The normalized spacial score (nSPS) is 15.9. The lowest BCUT2D eigenvalue weighted by Crippen LogP contribution is -2.45. The van der Waals surface area contributed by atoms with Crippen molar-refractivity contribution in [2.24, 2.45) is 0 Å². The fourth-order valence-electron chi connectivity index (χ4n) is 3.50. The summed E-state index contributed by atoms with van der Waals surface area (Å²) in [5, 5.41) is 5.65. The van der Waals surface area contributed by atoms with E-state index in [1.54, 1.807) is 35.2 Å². The van der Waals surface area contributed by atoms with Crippen LogP contribution in [0.3, 0.4) is 0 Å².